The molecule has 0 aliphatic carbocycles. The Hall–Kier alpha value is -2.70. The van der Waals surface area contributed by atoms with Crippen LogP contribution in [0.1, 0.15) is 13.8 Å². The highest BCUT2D eigenvalue weighted by atomic mass is 15.5. The maximum atomic E-state index is 5.86. The number of nitrogens with zero attached hydrogens (tertiary/aromatic N) is 4. The largest absolute Gasteiger partial charge is 0.396 e. The van der Waals surface area contributed by atoms with Crippen LogP contribution in [0.4, 0.5) is 5.69 Å². The number of anilines is 1. The van der Waals surface area contributed by atoms with E-state index in [9.17, 15) is 0 Å². The van der Waals surface area contributed by atoms with Gasteiger partial charge in [-0.1, -0.05) is 32.0 Å². The minimum Gasteiger partial charge on any atom is -0.396 e. The Morgan fingerprint density at radius 3 is 2.58 bits per heavy atom. The number of hydrogen-bond donors (Lipinski definition) is 3. The van der Waals surface area contributed by atoms with Gasteiger partial charge < -0.3 is 11.5 Å². The first-order chi connectivity index (χ1) is 9.27. The van der Waals surface area contributed by atoms with Crippen molar-refractivity contribution in [2.24, 2.45) is 5.73 Å². The van der Waals surface area contributed by atoms with E-state index in [1.165, 1.54) is 0 Å². The van der Waals surface area contributed by atoms with Crippen LogP contribution < -0.4 is 11.5 Å². The first-order valence-corrected chi connectivity index (χ1v) is 5.84. The minimum absolute atomic E-state index is 0.591. The average Bonchev–Trinajstić information content (AvgIpc) is 2.92. The quantitative estimate of drug-likeness (QED) is 0.417. The Balaban J connectivity index is 0.000000321. The fraction of sp³-hybridized carbons (Fsp3) is 0.167. The zero-order valence-electron chi connectivity index (χ0n) is 10.9. The molecule has 7 nitrogen and oxygen atoms in total. The van der Waals surface area contributed by atoms with Crippen LogP contribution >= 0.6 is 0 Å². The molecule has 3 aromatic rings. The highest BCUT2D eigenvalue weighted by molar-refractivity contribution is 5.87. The molecule has 0 aliphatic rings. The summed E-state index contributed by atoms with van der Waals surface area (Å²) < 4.78 is 1.64. The van der Waals surface area contributed by atoms with Crippen LogP contribution in [0.3, 0.4) is 0 Å². The predicted molar refractivity (Wildman–Crippen MR) is 77.0 cm³/mol. The van der Waals surface area contributed by atoms with E-state index in [2.05, 4.69) is 21.3 Å². The topological polar surface area (TPSA) is 119 Å². The molecular formula is C12H17N7. The number of aromatic nitrogens is 4. The van der Waals surface area contributed by atoms with Gasteiger partial charge in [-0.3, -0.25) is 5.41 Å². The van der Waals surface area contributed by atoms with E-state index in [4.69, 9.17) is 11.1 Å². The van der Waals surface area contributed by atoms with Crippen LogP contribution in [-0.2, 0) is 0 Å². The molecule has 0 bridgehead atoms. The van der Waals surface area contributed by atoms with Gasteiger partial charge in [-0.25, -0.2) is 0 Å². The third-order valence-electron chi connectivity index (χ3n) is 2.20. The number of rotatable bonds is 0. The normalized spacial score (nSPS) is 9.16. The van der Waals surface area contributed by atoms with Crippen molar-refractivity contribution in [3.05, 3.63) is 30.3 Å². The Bertz CT molecular complexity index is 659. The lowest BCUT2D eigenvalue weighted by Crippen LogP contribution is -1.95. The number of nitrogens with two attached hydrogens (primary N) is 2. The summed E-state index contributed by atoms with van der Waals surface area (Å²) in [7, 11) is 0. The number of nitrogen functional groups attached to an aromatic ring is 1. The van der Waals surface area contributed by atoms with Crippen LogP contribution in [0, 0.1) is 5.41 Å². The van der Waals surface area contributed by atoms with Crippen LogP contribution in [-0.4, -0.2) is 26.4 Å². The predicted octanol–water partition coefficient (Wildman–Crippen LogP) is 1.44. The van der Waals surface area contributed by atoms with E-state index in [0.717, 1.165) is 17.2 Å². The van der Waals surface area contributed by atoms with Crippen molar-refractivity contribution in [1.29, 1.82) is 5.41 Å². The van der Waals surface area contributed by atoms with E-state index in [0.29, 0.717) is 11.3 Å². The van der Waals surface area contributed by atoms with Gasteiger partial charge in [-0.15, -0.1) is 5.10 Å². The number of nitrogens with one attached hydrogen (secondary N) is 1. The monoisotopic (exact) mass is 259 g/mol. The zero-order valence-corrected chi connectivity index (χ0v) is 10.9. The molecule has 3 rings (SSSR count). The molecular weight excluding hydrogens is 242 g/mol. The molecule has 0 spiro atoms. The van der Waals surface area contributed by atoms with E-state index in [-0.39, 0.29) is 0 Å². The molecule has 0 saturated heterocycles. The Morgan fingerprint density at radius 1 is 1.26 bits per heavy atom. The molecule has 19 heavy (non-hydrogen) atoms. The summed E-state index contributed by atoms with van der Waals surface area (Å²) in [6.45, 7) is 4.00. The van der Waals surface area contributed by atoms with Crippen molar-refractivity contribution in [2.75, 3.05) is 5.73 Å². The summed E-state index contributed by atoms with van der Waals surface area (Å²) in [6, 6.07) is 9.71. The van der Waals surface area contributed by atoms with E-state index in [1.807, 2.05) is 44.2 Å². The van der Waals surface area contributed by atoms with Crippen LogP contribution in [0.15, 0.2) is 30.3 Å². The number of pyridine rings is 1. The fourth-order valence-electron chi connectivity index (χ4n) is 1.56. The third kappa shape index (κ3) is 2.95. The summed E-state index contributed by atoms with van der Waals surface area (Å²) in [5.41, 5.74) is 12.3. The smallest absolute Gasteiger partial charge is 0.202 e. The Kier molecular flexibility index (Phi) is 5.21. The maximum absolute atomic E-state index is 5.86. The van der Waals surface area contributed by atoms with Crippen molar-refractivity contribution >= 4 is 28.6 Å². The van der Waals surface area contributed by atoms with Gasteiger partial charge in [0.15, 0.2) is 0 Å². The van der Waals surface area contributed by atoms with Gasteiger partial charge >= 0.3 is 0 Å². The van der Waals surface area contributed by atoms with Gasteiger partial charge in [0.2, 0.25) is 5.65 Å². The van der Waals surface area contributed by atoms with Crippen molar-refractivity contribution in [3.8, 4) is 0 Å². The van der Waals surface area contributed by atoms with Gasteiger partial charge in [0.1, 0.15) is 0 Å². The summed E-state index contributed by atoms with van der Waals surface area (Å²) in [5.74, 6) is 0. The summed E-state index contributed by atoms with van der Waals surface area (Å²) in [4.78, 5) is 0. The van der Waals surface area contributed by atoms with E-state index >= 15 is 0 Å². The van der Waals surface area contributed by atoms with Crippen molar-refractivity contribution < 1.29 is 0 Å². The second kappa shape index (κ2) is 6.90. The lowest BCUT2D eigenvalue weighted by Gasteiger charge is -2.00. The summed E-state index contributed by atoms with van der Waals surface area (Å²) >= 11 is 0. The average molecular weight is 259 g/mol. The molecule has 1 aromatic carbocycles. The minimum atomic E-state index is 0.591. The van der Waals surface area contributed by atoms with Crippen molar-refractivity contribution in [2.45, 2.75) is 13.8 Å². The van der Waals surface area contributed by atoms with E-state index < -0.39 is 0 Å². The highest BCUT2D eigenvalue weighted by Crippen LogP contribution is 2.19. The fourth-order valence-corrected chi connectivity index (χ4v) is 1.56. The number of tetrazole rings is 1. The molecule has 0 atom stereocenters. The molecule has 7 heteroatoms. The van der Waals surface area contributed by atoms with Crippen molar-refractivity contribution in [3.63, 3.8) is 0 Å². The molecule has 2 heterocycles. The highest BCUT2D eigenvalue weighted by Gasteiger charge is 2.05. The standard InChI is InChI=1S/C9H7N5.C2H6.CH4N2/c10-7-5-6-3-1-2-4-8(6)14-9(7)11-12-13-14;1-2;2-1-3/h1-5H,10H2;1-2H3;1H,(H3,2,3). The van der Waals surface area contributed by atoms with Gasteiger partial charge in [0.25, 0.3) is 0 Å². The summed E-state index contributed by atoms with van der Waals surface area (Å²) in [5, 5.41) is 18.2. The van der Waals surface area contributed by atoms with E-state index in [1.54, 1.807) is 4.52 Å². The lowest BCUT2D eigenvalue weighted by molar-refractivity contribution is 0.842. The van der Waals surface area contributed by atoms with Gasteiger partial charge in [-0.05, 0) is 22.6 Å². The number of para-hydroxylation sites is 1. The number of hydrogen-bond acceptors (Lipinski definition) is 5. The lowest BCUT2D eigenvalue weighted by atomic mass is 10.2. The zero-order chi connectivity index (χ0) is 14.3. The van der Waals surface area contributed by atoms with Crippen LogP contribution in [0.2, 0.25) is 0 Å². The molecule has 2 aromatic heterocycles. The Labute approximate surface area is 110 Å². The second-order valence-corrected chi connectivity index (χ2v) is 3.24. The molecule has 100 valence electrons. The molecule has 0 amide bonds. The number of benzene rings is 1. The molecule has 0 aliphatic heterocycles. The molecule has 0 saturated carbocycles. The summed E-state index contributed by atoms with van der Waals surface area (Å²) in [6.07, 6.45) is 0.750. The first-order valence-electron chi connectivity index (χ1n) is 5.84. The first kappa shape index (κ1) is 14.4. The van der Waals surface area contributed by atoms with Gasteiger partial charge in [0, 0.05) is 5.39 Å². The third-order valence-corrected chi connectivity index (χ3v) is 2.20. The van der Waals surface area contributed by atoms with Crippen LogP contribution in [0.25, 0.3) is 16.6 Å². The molecule has 0 radical (unpaired) electrons. The van der Waals surface area contributed by atoms with Gasteiger partial charge in [-0.2, -0.15) is 4.52 Å². The SMILES string of the molecule is CC.N=CN.Nc1cc2ccccc2n2nnnc12. The van der Waals surface area contributed by atoms with Gasteiger partial charge in [0.05, 0.1) is 17.5 Å². The number of fused-ring (bicyclic) bond motifs is 3. The van der Waals surface area contributed by atoms with Crippen molar-refractivity contribution in [1.82, 2.24) is 20.0 Å². The molecule has 5 N–H and O–H groups in total. The second-order valence-electron chi connectivity index (χ2n) is 3.24. The Morgan fingerprint density at radius 2 is 1.89 bits per heavy atom. The molecule has 0 fully saturated rings. The maximum Gasteiger partial charge on any atom is 0.202 e. The molecule has 0 unspecified atom stereocenters. The van der Waals surface area contributed by atoms with Crippen LogP contribution in [0.5, 0.6) is 0 Å².